The fourth-order valence-corrected chi connectivity index (χ4v) is 2.78. The maximum absolute atomic E-state index is 5.25. The van der Waals surface area contributed by atoms with E-state index >= 15 is 0 Å². The number of aromatic nitrogens is 2. The molecule has 2 heterocycles. The highest BCUT2D eigenvalue weighted by Crippen LogP contribution is 2.29. The van der Waals surface area contributed by atoms with Crippen molar-refractivity contribution in [1.82, 2.24) is 9.97 Å². The van der Waals surface area contributed by atoms with E-state index in [1.165, 1.54) is 5.56 Å². The van der Waals surface area contributed by atoms with Crippen molar-refractivity contribution >= 4 is 27.4 Å². The first kappa shape index (κ1) is 13.2. The lowest BCUT2D eigenvalue weighted by molar-refractivity contribution is 0.171. The van der Waals surface area contributed by atoms with Gasteiger partial charge in [0, 0.05) is 7.11 Å². The number of rotatable bonds is 5. The zero-order chi connectivity index (χ0) is 13.1. The van der Waals surface area contributed by atoms with Crippen molar-refractivity contribution in [3.63, 3.8) is 0 Å². The molecule has 0 aliphatic carbocycles. The van der Waals surface area contributed by atoms with Crippen LogP contribution in [-0.2, 0) is 4.74 Å². The van der Waals surface area contributed by atoms with Crippen molar-refractivity contribution in [2.45, 2.75) is 26.8 Å². The van der Waals surface area contributed by atoms with Gasteiger partial charge in [0.05, 0.1) is 22.9 Å². The van der Waals surface area contributed by atoms with Crippen molar-refractivity contribution in [3.05, 3.63) is 17.3 Å². The van der Waals surface area contributed by atoms with E-state index in [-0.39, 0.29) is 6.04 Å². The highest BCUT2D eigenvalue weighted by Gasteiger charge is 2.16. The van der Waals surface area contributed by atoms with Gasteiger partial charge in [0.25, 0.3) is 0 Å². The quantitative estimate of drug-likeness (QED) is 0.902. The lowest BCUT2D eigenvalue weighted by Gasteiger charge is -2.22. The van der Waals surface area contributed by atoms with E-state index in [0.29, 0.717) is 12.5 Å². The van der Waals surface area contributed by atoms with Gasteiger partial charge in [-0.05, 0) is 23.8 Å². The Balaban J connectivity index is 2.30. The first-order chi connectivity index (χ1) is 8.63. The third-order valence-corrected chi connectivity index (χ3v) is 4.10. The highest BCUT2D eigenvalue weighted by molar-refractivity contribution is 7.18. The summed E-state index contributed by atoms with van der Waals surface area (Å²) in [6.07, 6.45) is 1.62. The summed E-state index contributed by atoms with van der Waals surface area (Å²) < 4.78 is 6.37. The lowest BCUT2D eigenvalue weighted by atomic mass is 10.1. The van der Waals surface area contributed by atoms with Gasteiger partial charge in [-0.3, -0.25) is 0 Å². The third-order valence-electron chi connectivity index (χ3n) is 3.00. The average Bonchev–Trinajstić information content (AvgIpc) is 2.72. The predicted octanol–water partition coefficient (Wildman–Crippen LogP) is 3.08. The van der Waals surface area contributed by atoms with Gasteiger partial charge in [-0.15, -0.1) is 11.3 Å². The van der Waals surface area contributed by atoms with Crippen LogP contribution >= 0.6 is 11.3 Å². The molecule has 5 heteroatoms. The molecule has 0 bridgehead atoms. The number of nitrogens with zero attached hydrogens (tertiary/aromatic N) is 2. The van der Waals surface area contributed by atoms with Crippen molar-refractivity contribution in [2.24, 2.45) is 5.92 Å². The predicted molar refractivity (Wildman–Crippen MR) is 76.3 cm³/mol. The number of anilines is 1. The molecular weight excluding hydrogens is 246 g/mol. The minimum Gasteiger partial charge on any atom is -0.383 e. The van der Waals surface area contributed by atoms with Crippen LogP contribution in [0.4, 0.5) is 5.82 Å². The summed E-state index contributed by atoms with van der Waals surface area (Å²) >= 11 is 1.68. The molecule has 4 nitrogen and oxygen atoms in total. The molecule has 98 valence electrons. The fourth-order valence-electron chi connectivity index (χ4n) is 1.83. The largest absolute Gasteiger partial charge is 0.383 e. The Bertz CT molecular complexity index is 524. The Morgan fingerprint density at radius 2 is 2.17 bits per heavy atom. The van der Waals surface area contributed by atoms with E-state index in [0.717, 1.165) is 16.0 Å². The van der Waals surface area contributed by atoms with Gasteiger partial charge in [-0.2, -0.15) is 0 Å². The first-order valence-corrected chi connectivity index (χ1v) is 6.95. The molecule has 0 amide bonds. The van der Waals surface area contributed by atoms with E-state index in [9.17, 15) is 0 Å². The van der Waals surface area contributed by atoms with Gasteiger partial charge in [-0.1, -0.05) is 13.8 Å². The summed E-state index contributed by atoms with van der Waals surface area (Å²) in [4.78, 5) is 8.68. The molecule has 0 spiro atoms. The fraction of sp³-hybridized carbons (Fsp3) is 0.538. The molecule has 2 aromatic rings. The van der Waals surface area contributed by atoms with Crippen LogP contribution in [0.2, 0.25) is 0 Å². The molecule has 0 radical (unpaired) electrons. The summed E-state index contributed by atoms with van der Waals surface area (Å²) in [5, 5.41) is 5.59. The maximum Gasteiger partial charge on any atom is 0.147 e. The number of thiophene rings is 1. The number of methoxy groups -OCH3 is 1. The van der Waals surface area contributed by atoms with Gasteiger partial charge in [0.2, 0.25) is 0 Å². The molecule has 0 fully saturated rings. The smallest absolute Gasteiger partial charge is 0.147 e. The number of aryl methyl sites for hydroxylation is 1. The molecule has 2 aromatic heterocycles. The molecule has 1 unspecified atom stereocenters. The van der Waals surface area contributed by atoms with Gasteiger partial charge < -0.3 is 10.1 Å². The molecule has 18 heavy (non-hydrogen) atoms. The molecule has 0 saturated carbocycles. The second-order valence-corrected chi connectivity index (χ2v) is 5.65. The van der Waals surface area contributed by atoms with Crippen LogP contribution in [0, 0.1) is 12.8 Å². The van der Waals surface area contributed by atoms with Gasteiger partial charge >= 0.3 is 0 Å². The van der Waals surface area contributed by atoms with E-state index in [1.54, 1.807) is 24.8 Å². The van der Waals surface area contributed by atoms with Crippen LogP contribution in [-0.4, -0.2) is 29.7 Å². The minimum absolute atomic E-state index is 0.260. The summed E-state index contributed by atoms with van der Waals surface area (Å²) in [7, 11) is 1.72. The summed E-state index contributed by atoms with van der Waals surface area (Å²) in [6.45, 7) is 7.10. The third kappa shape index (κ3) is 2.62. The van der Waals surface area contributed by atoms with Crippen molar-refractivity contribution in [2.75, 3.05) is 19.0 Å². The topological polar surface area (TPSA) is 47.0 Å². The molecule has 1 N–H and O–H groups in total. The van der Waals surface area contributed by atoms with Crippen molar-refractivity contribution in [3.8, 4) is 0 Å². The Kier molecular flexibility index (Phi) is 4.14. The summed E-state index contributed by atoms with van der Waals surface area (Å²) in [6, 6.07) is 0.260. The Morgan fingerprint density at radius 3 is 2.83 bits per heavy atom. The Morgan fingerprint density at radius 1 is 1.39 bits per heavy atom. The Labute approximate surface area is 111 Å². The van der Waals surface area contributed by atoms with Crippen LogP contribution in [0.25, 0.3) is 10.2 Å². The van der Waals surface area contributed by atoms with E-state index in [2.05, 4.69) is 41.4 Å². The number of fused-ring (bicyclic) bond motifs is 1. The zero-order valence-corrected chi connectivity index (χ0v) is 12.0. The van der Waals surface area contributed by atoms with E-state index in [4.69, 9.17) is 4.74 Å². The maximum atomic E-state index is 5.25. The van der Waals surface area contributed by atoms with Gasteiger partial charge in [0.15, 0.2) is 0 Å². The van der Waals surface area contributed by atoms with Crippen LogP contribution in [0.5, 0.6) is 0 Å². The second kappa shape index (κ2) is 5.63. The zero-order valence-electron chi connectivity index (χ0n) is 11.2. The van der Waals surface area contributed by atoms with Crippen LogP contribution in [0.1, 0.15) is 19.4 Å². The minimum atomic E-state index is 0.260. The molecule has 2 rings (SSSR count). The molecule has 0 aliphatic rings. The molecule has 0 saturated heterocycles. The summed E-state index contributed by atoms with van der Waals surface area (Å²) in [5.41, 5.74) is 2.24. The first-order valence-electron chi connectivity index (χ1n) is 6.07. The molecular formula is C13H19N3OS. The summed E-state index contributed by atoms with van der Waals surface area (Å²) in [5.74, 6) is 1.39. The average molecular weight is 265 g/mol. The lowest BCUT2D eigenvalue weighted by Crippen LogP contribution is -2.30. The number of ether oxygens (including phenoxy) is 1. The molecule has 1 atom stereocenters. The van der Waals surface area contributed by atoms with Crippen LogP contribution in [0.3, 0.4) is 0 Å². The standard InChI is InChI=1S/C13H19N3OS/c1-8(2)10(5-17-4)16-13-12-11(14-7-15-13)9(3)6-18-12/h6-8,10H,5H2,1-4H3,(H,14,15,16). The van der Waals surface area contributed by atoms with Crippen LogP contribution < -0.4 is 5.32 Å². The number of hydrogen-bond donors (Lipinski definition) is 1. The van der Waals surface area contributed by atoms with Crippen molar-refractivity contribution < 1.29 is 4.74 Å². The molecule has 0 aliphatic heterocycles. The normalized spacial score (nSPS) is 13.2. The van der Waals surface area contributed by atoms with Crippen LogP contribution in [0.15, 0.2) is 11.7 Å². The number of hydrogen-bond acceptors (Lipinski definition) is 5. The van der Waals surface area contributed by atoms with E-state index < -0.39 is 0 Å². The monoisotopic (exact) mass is 265 g/mol. The molecule has 0 aromatic carbocycles. The van der Waals surface area contributed by atoms with E-state index in [1.807, 2.05) is 0 Å². The van der Waals surface area contributed by atoms with Gasteiger partial charge in [-0.25, -0.2) is 9.97 Å². The second-order valence-electron chi connectivity index (χ2n) is 4.77. The van der Waals surface area contributed by atoms with Crippen molar-refractivity contribution in [1.29, 1.82) is 0 Å². The number of nitrogens with one attached hydrogen (secondary N) is 1. The van der Waals surface area contributed by atoms with Gasteiger partial charge in [0.1, 0.15) is 12.1 Å². The Hall–Kier alpha value is -1.20. The SMILES string of the molecule is COCC(Nc1ncnc2c(C)csc12)C(C)C. The highest BCUT2D eigenvalue weighted by atomic mass is 32.1.